The molecule has 2 rings (SSSR count). The van der Waals surface area contributed by atoms with E-state index in [1.807, 2.05) is 0 Å². The van der Waals surface area contributed by atoms with Crippen molar-refractivity contribution in [3.05, 3.63) is 11.6 Å². The van der Waals surface area contributed by atoms with Crippen LogP contribution in [-0.2, 0) is 4.79 Å². The highest BCUT2D eigenvalue weighted by atomic mass is 16.2. The summed E-state index contributed by atoms with van der Waals surface area (Å²) in [4.78, 5) is 12.4. The van der Waals surface area contributed by atoms with Crippen LogP contribution in [0.2, 0.25) is 0 Å². The topological polar surface area (TPSA) is 41.1 Å². The highest BCUT2D eigenvalue weighted by Crippen LogP contribution is 2.31. The zero-order chi connectivity index (χ0) is 13.6. The Labute approximate surface area is 117 Å². The third-order valence-electron chi connectivity index (χ3n) is 4.57. The summed E-state index contributed by atoms with van der Waals surface area (Å²) in [6.45, 7) is 4.82. The minimum Gasteiger partial charge on any atom is -0.355 e. The van der Waals surface area contributed by atoms with Gasteiger partial charge in [-0.25, -0.2) is 0 Å². The number of amides is 1. The summed E-state index contributed by atoms with van der Waals surface area (Å²) < 4.78 is 0. The van der Waals surface area contributed by atoms with Crippen LogP contribution in [0.4, 0.5) is 0 Å². The molecule has 1 saturated heterocycles. The minimum atomic E-state index is -0.129. The molecule has 1 unspecified atom stereocenters. The van der Waals surface area contributed by atoms with Gasteiger partial charge in [-0.2, -0.15) is 0 Å². The Kier molecular flexibility index (Phi) is 5.44. The van der Waals surface area contributed by atoms with Gasteiger partial charge in [-0.3, -0.25) is 4.79 Å². The summed E-state index contributed by atoms with van der Waals surface area (Å²) in [6, 6.07) is 0. The Morgan fingerprint density at radius 3 is 3.00 bits per heavy atom. The number of allylic oxidation sites excluding steroid dienone is 1. The van der Waals surface area contributed by atoms with Crippen molar-refractivity contribution in [3.8, 4) is 0 Å². The van der Waals surface area contributed by atoms with Crippen molar-refractivity contribution in [2.45, 2.75) is 58.3 Å². The maximum absolute atomic E-state index is 12.4. The molecule has 0 bridgehead atoms. The van der Waals surface area contributed by atoms with Crippen molar-refractivity contribution in [1.29, 1.82) is 0 Å². The Bertz CT molecular complexity index is 330. The molecule has 1 aliphatic carbocycles. The second kappa shape index (κ2) is 7.09. The second-order valence-corrected chi connectivity index (χ2v) is 6.07. The van der Waals surface area contributed by atoms with Gasteiger partial charge in [0.25, 0.3) is 0 Å². The fraction of sp³-hybridized carbons (Fsp3) is 0.812. The van der Waals surface area contributed by atoms with Crippen LogP contribution in [0.15, 0.2) is 11.6 Å². The van der Waals surface area contributed by atoms with E-state index in [2.05, 4.69) is 23.6 Å². The molecule has 19 heavy (non-hydrogen) atoms. The number of carbonyl (C=O) groups is 1. The molecule has 2 aliphatic rings. The van der Waals surface area contributed by atoms with E-state index in [0.717, 1.165) is 45.3 Å². The van der Waals surface area contributed by atoms with Crippen LogP contribution in [0.25, 0.3) is 0 Å². The highest BCUT2D eigenvalue weighted by molar-refractivity contribution is 5.83. The first-order chi connectivity index (χ1) is 9.27. The smallest absolute Gasteiger partial charge is 0.227 e. The predicted molar refractivity (Wildman–Crippen MR) is 79.0 cm³/mol. The maximum atomic E-state index is 12.4. The van der Waals surface area contributed by atoms with Gasteiger partial charge in [0.15, 0.2) is 0 Å². The maximum Gasteiger partial charge on any atom is 0.227 e. The summed E-state index contributed by atoms with van der Waals surface area (Å²) >= 11 is 0. The lowest BCUT2D eigenvalue weighted by atomic mass is 9.81. The lowest BCUT2D eigenvalue weighted by molar-refractivity contribution is -0.130. The Morgan fingerprint density at radius 1 is 1.47 bits per heavy atom. The molecule has 108 valence electrons. The fourth-order valence-electron chi connectivity index (χ4n) is 3.40. The van der Waals surface area contributed by atoms with E-state index in [1.165, 1.54) is 25.7 Å². The summed E-state index contributed by atoms with van der Waals surface area (Å²) in [6.07, 6.45) is 11.6. The van der Waals surface area contributed by atoms with Gasteiger partial charge >= 0.3 is 0 Å². The fourth-order valence-corrected chi connectivity index (χ4v) is 3.40. The monoisotopic (exact) mass is 264 g/mol. The van der Waals surface area contributed by atoms with Gasteiger partial charge in [-0.05, 0) is 51.5 Å². The summed E-state index contributed by atoms with van der Waals surface area (Å²) in [7, 11) is 0. The van der Waals surface area contributed by atoms with Crippen molar-refractivity contribution >= 4 is 5.91 Å². The van der Waals surface area contributed by atoms with Crippen LogP contribution < -0.4 is 10.6 Å². The number of carbonyl (C=O) groups excluding carboxylic acids is 1. The van der Waals surface area contributed by atoms with Gasteiger partial charge in [-0.1, -0.05) is 25.0 Å². The summed E-state index contributed by atoms with van der Waals surface area (Å²) in [5.41, 5.74) is 1.41. The largest absolute Gasteiger partial charge is 0.355 e. The molecular weight excluding hydrogens is 236 g/mol. The van der Waals surface area contributed by atoms with E-state index in [0.29, 0.717) is 0 Å². The summed E-state index contributed by atoms with van der Waals surface area (Å²) in [5.74, 6) is 0.274. The average Bonchev–Trinajstić information content (AvgIpc) is 2.90. The van der Waals surface area contributed by atoms with Gasteiger partial charge in [0.05, 0.1) is 5.41 Å². The van der Waals surface area contributed by atoms with Crippen LogP contribution in [0.1, 0.15) is 58.3 Å². The van der Waals surface area contributed by atoms with Crippen molar-refractivity contribution in [2.24, 2.45) is 5.41 Å². The zero-order valence-electron chi connectivity index (χ0n) is 12.3. The molecule has 0 spiro atoms. The third kappa shape index (κ3) is 3.82. The van der Waals surface area contributed by atoms with Gasteiger partial charge in [0.2, 0.25) is 5.91 Å². The average molecular weight is 264 g/mol. The Morgan fingerprint density at radius 2 is 2.37 bits per heavy atom. The molecular formula is C16H28N2O. The number of nitrogens with one attached hydrogen (secondary N) is 2. The van der Waals surface area contributed by atoms with E-state index in [-0.39, 0.29) is 11.3 Å². The standard InChI is InChI=1S/C16H28N2O/c1-2-9-16(10-12-17-13-16)15(19)18-11-8-14-6-4-3-5-7-14/h6,17H,2-5,7-13H2,1H3,(H,18,19). The number of rotatable bonds is 6. The van der Waals surface area contributed by atoms with Crippen LogP contribution in [0.5, 0.6) is 0 Å². The van der Waals surface area contributed by atoms with Crippen LogP contribution >= 0.6 is 0 Å². The molecule has 0 saturated carbocycles. The number of hydrogen-bond donors (Lipinski definition) is 2. The minimum absolute atomic E-state index is 0.129. The Hall–Kier alpha value is -0.830. The van der Waals surface area contributed by atoms with E-state index in [9.17, 15) is 4.79 Å². The lowest BCUT2D eigenvalue weighted by Gasteiger charge is -2.26. The molecule has 3 heteroatoms. The zero-order valence-corrected chi connectivity index (χ0v) is 12.3. The van der Waals surface area contributed by atoms with Crippen molar-refractivity contribution < 1.29 is 4.79 Å². The lowest BCUT2D eigenvalue weighted by Crippen LogP contribution is -2.42. The van der Waals surface area contributed by atoms with Crippen molar-refractivity contribution in [3.63, 3.8) is 0 Å². The van der Waals surface area contributed by atoms with E-state index >= 15 is 0 Å². The Balaban J connectivity index is 1.77. The molecule has 0 aromatic heterocycles. The van der Waals surface area contributed by atoms with Crippen LogP contribution in [-0.4, -0.2) is 25.5 Å². The van der Waals surface area contributed by atoms with Gasteiger partial charge < -0.3 is 10.6 Å². The molecule has 1 aliphatic heterocycles. The normalized spacial score (nSPS) is 27.1. The van der Waals surface area contributed by atoms with E-state index in [1.54, 1.807) is 5.57 Å². The molecule has 1 heterocycles. The molecule has 1 atom stereocenters. The van der Waals surface area contributed by atoms with Gasteiger partial charge in [0, 0.05) is 13.1 Å². The van der Waals surface area contributed by atoms with E-state index in [4.69, 9.17) is 0 Å². The first-order valence-electron chi connectivity index (χ1n) is 7.94. The first-order valence-corrected chi connectivity index (χ1v) is 7.94. The molecule has 0 aromatic rings. The SMILES string of the molecule is CCCC1(C(=O)NCCC2=CCCCC2)CCNC1. The van der Waals surface area contributed by atoms with Crippen LogP contribution in [0.3, 0.4) is 0 Å². The van der Waals surface area contributed by atoms with Crippen LogP contribution in [0, 0.1) is 5.41 Å². The van der Waals surface area contributed by atoms with Gasteiger partial charge in [0.1, 0.15) is 0 Å². The van der Waals surface area contributed by atoms with Gasteiger partial charge in [-0.15, -0.1) is 0 Å². The van der Waals surface area contributed by atoms with Crippen molar-refractivity contribution in [1.82, 2.24) is 10.6 Å². The second-order valence-electron chi connectivity index (χ2n) is 6.07. The highest BCUT2D eigenvalue weighted by Gasteiger charge is 2.39. The molecule has 1 amide bonds. The molecule has 3 nitrogen and oxygen atoms in total. The molecule has 1 fully saturated rings. The molecule has 0 radical (unpaired) electrons. The molecule has 0 aromatic carbocycles. The first kappa shape index (κ1) is 14.6. The predicted octanol–water partition coefficient (Wildman–Crippen LogP) is 2.77. The number of hydrogen-bond acceptors (Lipinski definition) is 2. The third-order valence-corrected chi connectivity index (χ3v) is 4.57. The molecule has 2 N–H and O–H groups in total. The van der Waals surface area contributed by atoms with Crippen molar-refractivity contribution in [2.75, 3.05) is 19.6 Å². The summed E-state index contributed by atoms with van der Waals surface area (Å²) in [5, 5.41) is 6.52. The quantitative estimate of drug-likeness (QED) is 0.724. The van der Waals surface area contributed by atoms with E-state index < -0.39 is 0 Å².